The maximum Gasteiger partial charge on any atom is 0.410 e. The van der Waals surface area contributed by atoms with Gasteiger partial charge in [0.1, 0.15) is 12.1 Å². The van der Waals surface area contributed by atoms with E-state index in [1.807, 2.05) is 39.0 Å². The van der Waals surface area contributed by atoms with E-state index < -0.39 is 5.60 Å². The zero-order chi connectivity index (χ0) is 19.2. The van der Waals surface area contributed by atoms with Crippen molar-refractivity contribution >= 4 is 12.1 Å². The van der Waals surface area contributed by atoms with Gasteiger partial charge < -0.3 is 30.9 Å². The topological polar surface area (TPSA) is 68.7 Å². The average molecular weight is 444 g/mol. The van der Waals surface area contributed by atoms with Crippen molar-refractivity contribution in [3.63, 3.8) is 0 Å². The third kappa shape index (κ3) is 7.46. The zero-order valence-electron chi connectivity index (χ0n) is 16.6. The highest BCUT2D eigenvalue weighted by Crippen LogP contribution is 2.20. The number of hydrogen-bond acceptors (Lipinski definition) is 5. The van der Waals surface area contributed by atoms with E-state index >= 15 is 0 Å². The number of carbonyl (C=O) groups is 2. The highest BCUT2D eigenvalue weighted by molar-refractivity contribution is 5.70. The molecular formula is C19H30BrN3O4. The molecule has 0 unspecified atom stereocenters. The first kappa shape index (κ1) is 23.4. The number of aromatic nitrogens is 1. The molecule has 0 radical (unpaired) electrons. The van der Waals surface area contributed by atoms with Crippen molar-refractivity contribution < 1.29 is 40.5 Å². The number of esters is 1. The van der Waals surface area contributed by atoms with Gasteiger partial charge in [-0.3, -0.25) is 9.88 Å². The van der Waals surface area contributed by atoms with Crippen molar-refractivity contribution in [2.45, 2.75) is 39.8 Å². The molecular weight excluding hydrogens is 414 g/mol. The van der Waals surface area contributed by atoms with Gasteiger partial charge >= 0.3 is 12.1 Å². The molecule has 7 nitrogen and oxygen atoms in total. The van der Waals surface area contributed by atoms with E-state index in [2.05, 4.69) is 4.98 Å². The Balaban J connectivity index is 0.00000364. The monoisotopic (exact) mass is 443 g/mol. The van der Waals surface area contributed by atoms with E-state index in [1.165, 1.54) is 0 Å². The summed E-state index contributed by atoms with van der Waals surface area (Å²) in [6.45, 7) is 11.1. The van der Waals surface area contributed by atoms with Crippen molar-refractivity contribution in [3.8, 4) is 0 Å². The van der Waals surface area contributed by atoms with E-state index in [0.717, 1.165) is 5.69 Å². The first-order valence-corrected chi connectivity index (χ1v) is 9.11. The Kier molecular flexibility index (Phi) is 8.68. The number of amides is 1. The summed E-state index contributed by atoms with van der Waals surface area (Å²) in [5, 5.41) is 0. The summed E-state index contributed by atoms with van der Waals surface area (Å²) in [5.74, 6) is -0.214. The minimum Gasteiger partial charge on any atom is -1.00 e. The second kappa shape index (κ2) is 10.0. The van der Waals surface area contributed by atoms with Crippen LogP contribution in [0.3, 0.4) is 0 Å². The molecule has 1 aliphatic heterocycles. The van der Waals surface area contributed by atoms with Gasteiger partial charge in [-0.2, -0.15) is 0 Å². The molecule has 0 bridgehead atoms. The number of hydrogen-bond donors (Lipinski definition) is 0. The predicted molar refractivity (Wildman–Crippen MR) is 97.2 cm³/mol. The fourth-order valence-corrected chi connectivity index (χ4v) is 3.09. The first-order valence-electron chi connectivity index (χ1n) is 9.11. The van der Waals surface area contributed by atoms with Crippen LogP contribution in [-0.4, -0.2) is 71.4 Å². The van der Waals surface area contributed by atoms with Crippen LogP contribution in [0.2, 0.25) is 0 Å². The fourth-order valence-electron chi connectivity index (χ4n) is 3.09. The highest BCUT2D eigenvalue weighted by Gasteiger charge is 2.38. The van der Waals surface area contributed by atoms with Crippen molar-refractivity contribution in [1.82, 2.24) is 9.88 Å². The second-order valence-electron chi connectivity index (χ2n) is 7.70. The van der Waals surface area contributed by atoms with Crippen molar-refractivity contribution in [2.75, 3.05) is 39.3 Å². The zero-order valence-corrected chi connectivity index (χ0v) is 18.2. The number of halogens is 1. The minimum atomic E-state index is -0.515. The van der Waals surface area contributed by atoms with Gasteiger partial charge in [0.15, 0.2) is 6.54 Å². The number of rotatable bonds is 5. The Morgan fingerprint density at radius 3 is 2.41 bits per heavy atom. The van der Waals surface area contributed by atoms with Gasteiger partial charge in [0.25, 0.3) is 0 Å². The lowest BCUT2D eigenvalue weighted by molar-refractivity contribution is -0.937. The maximum atomic E-state index is 12.3. The molecule has 1 fully saturated rings. The minimum absolute atomic E-state index is 0. The molecule has 0 aliphatic carbocycles. The standard InChI is InChI=1S/C19H30N3O4.BrH/c1-5-25-17(23)15-22(14-16-8-6-7-9-20-16)12-10-21(11-13-22)18(24)26-19(2,3)4;/h6-9H,5,10-15H2,1-4H3;1H/q+1;/p-1. The fraction of sp³-hybridized carbons (Fsp3) is 0.632. The van der Waals surface area contributed by atoms with Crippen LogP contribution in [0.15, 0.2) is 24.4 Å². The second-order valence-corrected chi connectivity index (χ2v) is 7.70. The van der Waals surface area contributed by atoms with Crippen LogP contribution >= 0.6 is 0 Å². The number of ether oxygens (including phenoxy) is 2. The van der Waals surface area contributed by atoms with Crippen molar-refractivity contribution in [3.05, 3.63) is 30.1 Å². The molecule has 2 rings (SSSR count). The van der Waals surface area contributed by atoms with Crippen molar-refractivity contribution in [1.29, 1.82) is 0 Å². The molecule has 27 heavy (non-hydrogen) atoms. The highest BCUT2D eigenvalue weighted by atomic mass is 79.9. The Morgan fingerprint density at radius 2 is 1.89 bits per heavy atom. The Bertz CT molecular complexity index is 611. The van der Waals surface area contributed by atoms with Gasteiger partial charge in [-0.15, -0.1) is 0 Å². The number of carbonyl (C=O) groups excluding carboxylic acids is 2. The van der Waals surface area contributed by atoms with Crippen LogP contribution in [0, 0.1) is 0 Å². The molecule has 0 N–H and O–H groups in total. The summed E-state index contributed by atoms with van der Waals surface area (Å²) in [5.41, 5.74) is 0.418. The van der Waals surface area contributed by atoms with Gasteiger partial charge in [-0.05, 0) is 39.8 Å². The van der Waals surface area contributed by atoms with Crippen LogP contribution in [-0.2, 0) is 20.8 Å². The number of quaternary nitrogens is 1. The van der Waals surface area contributed by atoms with Crippen LogP contribution in [0.5, 0.6) is 0 Å². The van der Waals surface area contributed by atoms with E-state index in [-0.39, 0.29) is 35.6 Å². The third-order valence-electron chi connectivity index (χ3n) is 4.33. The summed E-state index contributed by atoms with van der Waals surface area (Å²) in [7, 11) is 0. The summed E-state index contributed by atoms with van der Waals surface area (Å²) >= 11 is 0. The summed E-state index contributed by atoms with van der Waals surface area (Å²) < 4.78 is 11.2. The molecule has 152 valence electrons. The molecule has 1 aromatic heterocycles. The van der Waals surface area contributed by atoms with E-state index in [4.69, 9.17) is 9.47 Å². The van der Waals surface area contributed by atoms with Crippen LogP contribution < -0.4 is 17.0 Å². The molecule has 1 amide bonds. The molecule has 0 atom stereocenters. The smallest absolute Gasteiger partial charge is 0.410 e. The van der Waals surface area contributed by atoms with Gasteiger partial charge in [0.05, 0.1) is 38.5 Å². The Hall–Kier alpha value is -1.67. The van der Waals surface area contributed by atoms with Gasteiger partial charge in [0, 0.05) is 6.20 Å². The largest absolute Gasteiger partial charge is 1.00 e. The SMILES string of the molecule is CCOC(=O)C[N+]1(Cc2ccccn2)CCN(C(=O)OC(C)(C)C)CC1.[Br-]. The summed E-state index contributed by atoms with van der Waals surface area (Å²) in [4.78, 5) is 30.6. The molecule has 0 saturated carbocycles. The predicted octanol–water partition coefficient (Wildman–Crippen LogP) is -0.784. The quantitative estimate of drug-likeness (QED) is 0.440. The van der Waals surface area contributed by atoms with Gasteiger partial charge in [-0.25, -0.2) is 9.59 Å². The van der Waals surface area contributed by atoms with Crippen LogP contribution in [0.25, 0.3) is 0 Å². The normalized spacial score (nSPS) is 16.2. The number of piperazine rings is 1. The number of nitrogens with zero attached hydrogens (tertiary/aromatic N) is 3. The lowest BCUT2D eigenvalue weighted by Crippen LogP contribution is -3.00. The molecule has 0 aromatic carbocycles. The summed E-state index contributed by atoms with van der Waals surface area (Å²) in [6.07, 6.45) is 1.46. The molecule has 1 aliphatic rings. The molecule has 0 spiro atoms. The molecule has 2 heterocycles. The van der Waals surface area contributed by atoms with E-state index in [9.17, 15) is 9.59 Å². The lowest BCUT2D eigenvalue weighted by atomic mass is 10.2. The third-order valence-corrected chi connectivity index (χ3v) is 4.33. The molecule has 1 aromatic rings. The van der Waals surface area contributed by atoms with Gasteiger partial charge in [0.2, 0.25) is 0 Å². The average Bonchev–Trinajstić information content (AvgIpc) is 2.55. The van der Waals surface area contributed by atoms with E-state index in [1.54, 1.807) is 18.0 Å². The Morgan fingerprint density at radius 1 is 1.22 bits per heavy atom. The summed E-state index contributed by atoms with van der Waals surface area (Å²) in [6, 6.07) is 5.78. The molecule has 8 heteroatoms. The van der Waals surface area contributed by atoms with Gasteiger partial charge in [-0.1, -0.05) is 6.07 Å². The van der Waals surface area contributed by atoms with Crippen molar-refractivity contribution in [2.24, 2.45) is 0 Å². The lowest BCUT2D eigenvalue weighted by Gasteiger charge is -2.43. The first-order chi connectivity index (χ1) is 12.2. The molecule has 1 saturated heterocycles. The van der Waals surface area contributed by atoms with Crippen LogP contribution in [0.4, 0.5) is 4.79 Å². The maximum absolute atomic E-state index is 12.3. The Labute approximate surface area is 172 Å². The van der Waals surface area contributed by atoms with E-state index in [0.29, 0.717) is 43.8 Å². The number of pyridine rings is 1. The van der Waals surface area contributed by atoms with Crippen LogP contribution in [0.1, 0.15) is 33.4 Å².